The minimum atomic E-state index is -0.103. The highest BCUT2D eigenvalue weighted by molar-refractivity contribution is 6.14. The number of fused-ring (bicyclic) bond motifs is 1. The molecule has 0 N–H and O–H groups in total. The van der Waals surface area contributed by atoms with Gasteiger partial charge in [0.25, 0.3) is 0 Å². The molecule has 1 aliphatic heterocycles. The summed E-state index contributed by atoms with van der Waals surface area (Å²) in [6, 6.07) is 12.3. The minimum Gasteiger partial charge on any atom is -0.497 e. The Labute approximate surface area is 151 Å². The molecule has 2 aromatic carbocycles. The summed E-state index contributed by atoms with van der Waals surface area (Å²) < 4.78 is 21.4. The third kappa shape index (κ3) is 3.47. The van der Waals surface area contributed by atoms with Gasteiger partial charge in [-0.1, -0.05) is 6.07 Å². The molecule has 0 atom stereocenters. The Morgan fingerprint density at radius 1 is 1.15 bits per heavy atom. The van der Waals surface area contributed by atoms with Gasteiger partial charge in [0.15, 0.2) is 23.9 Å². The molecule has 0 amide bonds. The molecule has 0 radical (unpaired) electrons. The molecule has 0 unspecified atom stereocenters. The van der Waals surface area contributed by atoms with Crippen molar-refractivity contribution >= 4 is 11.9 Å². The Bertz CT molecular complexity index is 911. The average Bonchev–Trinajstić information content (AvgIpc) is 2.68. The molecule has 6 heteroatoms. The first kappa shape index (κ1) is 17.4. The lowest BCUT2D eigenvalue weighted by molar-refractivity contribution is 0.100. The average molecular weight is 351 g/mol. The summed E-state index contributed by atoms with van der Waals surface area (Å²) in [4.78, 5) is 12.8. The molecule has 1 aliphatic rings. The molecular formula is C20H17NO5. The molecule has 6 nitrogen and oxygen atoms in total. The SMILES string of the molecule is COc1ccc2c(c1)C(=O)/C(=C\c1ccc(OCC#N)c(OC)c1)CO2. The molecule has 3 rings (SSSR count). The van der Waals surface area contributed by atoms with E-state index < -0.39 is 0 Å². The summed E-state index contributed by atoms with van der Waals surface area (Å²) in [7, 11) is 3.07. The predicted molar refractivity (Wildman–Crippen MR) is 94.9 cm³/mol. The number of Topliss-reactive ketones (excluding diaryl/α,β-unsaturated/α-hetero) is 1. The minimum absolute atomic E-state index is 0.0677. The molecular weight excluding hydrogens is 334 g/mol. The predicted octanol–water partition coefficient (Wildman–Crippen LogP) is 3.26. The van der Waals surface area contributed by atoms with Crippen LogP contribution in [0.15, 0.2) is 42.0 Å². The van der Waals surface area contributed by atoms with E-state index in [1.54, 1.807) is 49.6 Å². The summed E-state index contributed by atoms with van der Waals surface area (Å²) >= 11 is 0. The number of benzene rings is 2. The Kier molecular flexibility index (Phi) is 5.09. The standard InChI is InChI=1S/C20H17NO5/c1-23-15-4-6-17-16(11-15)20(22)14(12-26-17)9-13-3-5-18(25-8-7-21)19(10-13)24-2/h3-6,9-11H,8,12H2,1-2H3/b14-9-. The Morgan fingerprint density at radius 2 is 2.00 bits per heavy atom. The third-order valence-corrected chi connectivity index (χ3v) is 3.93. The van der Waals surface area contributed by atoms with E-state index in [1.807, 2.05) is 6.07 Å². The number of nitrogens with zero attached hydrogens (tertiary/aromatic N) is 1. The molecule has 0 bridgehead atoms. The topological polar surface area (TPSA) is 77.8 Å². The number of nitriles is 1. The van der Waals surface area contributed by atoms with Crippen LogP contribution in [-0.2, 0) is 0 Å². The van der Waals surface area contributed by atoms with Crippen molar-refractivity contribution < 1.29 is 23.7 Å². The number of hydrogen-bond donors (Lipinski definition) is 0. The first-order valence-corrected chi connectivity index (χ1v) is 7.90. The van der Waals surface area contributed by atoms with Gasteiger partial charge in [0, 0.05) is 5.57 Å². The van der Waals surface area contributed by atoms with Crippen molar-refractivity contribution in [2.45, 2.75) is 0 Å². The lowest BCUT2D eigenvalue weighted by atomic mass is 9.98. The first-order chi connectivity index (χ1) is 12.7. The van der Waals surface area contributed by atoms with Crippen molar-refractivity contribution in [3.63, 3.8) is 0 Å². The van der Waals surface area contributed by atoms with Crippen LogP contribution in [0.3, 0.4) is 0 Å². The monoisotopic (exact) mass is 351 g/mol. The molecule has 0 fully saturated rings. The summed E-state index contributed by atoms with van der Waals surface area (Å²) in [5, 5.41) is 8.62. The molecule has 0 aliphatic carbocycles. The molecule has 0 spiro atoms. The lowest BCUT2D eigenvalue weighted by Crippen LogP contribution is -2.19. The van der Waals surface area contributed by atoms with Gasteiger partial charge in [0.2, 0.25) is 0 Å². The highest BCUT2D eigenvalue weighted by Gasteiger charge is 2.24. The largest absolute Gasteiger partial charge is 0.497 e. The second-order valence-electron chi connectivity index (χ2n) is 5.51. The summed E-state index contributed by atoms with van der Waals surface area (Å²) in [6.07, 6.45) is 1.75. The van der Waals surface area contributed by atoms with Gasteiger partial charge in [-0.3, -0.25) is 4.79 Å². The van der Waals surface area contributed by atoms with Gasteiger partial charge in [0.1, 0.15) is 24.2 Å². The Balaban J connectivity index is 1.90. The van der Waals surface area contributed by atoms with Crippen molar-refractivity contribution in [3.05, 3.63) is 53.1 Å². The summed E-state index contributed by atoms with van der Waals surface area (Å²) in [6.45, 7) is 0.120. The number of carbonyl (C=O) groups excluding carboxylic acids is 1. The fraction of sp³-hybridized carbons (Fsp3) is 0.200. The van der Waals surface area contributed by atoms with Gasteiger partial charge < -0.3 is 18.9 Å². The van der Waals surface area contributed by atoms with Crippen LogP contribution in [0.25, 0.3) is 6.08 Å². The number of rotatable bonds is 5. The van der Waals surface area contributed by atoms with E-state index in [2.05, 4.69) is 0 Å². The fourth-order valence-corrected chi connectivity index (χ4v) is 2.65. The van der Waals surface area contributed by atoms with Gasteiger partial charge in [-0.25, -0.2) is 0 Å². The van der Waals surface area contributed by atoms with Crippen LogP contribution in [-0.4, -0.2) is 33.2 Å². The molecule has 132 valence electrons. The number of methoxy groups -OCH3 is 2. The normalized spacial score (nSPS) is 14.2. The van der Waals surface area contributed by atoms with Gasteiger partial charge in [-0.15, -0.1) is 0 Å². The molecule has 0 saturated heterocycles. The van der Waals surface area contributed by atoms with E-state index in [1.165, 1.54) is 7.11 Å². The third-order valence-electron chi connectivity index (χ3n) is 3.93. The quantitative estimate of drug-likeness (QED) is 0.770. The van der Waals surface area contributed by atoms with E-state index in [9.17, 15) is 4.79 Å². The van der Waals surface area contributed by atoms with Crippen molar-refractivity contribution in [1.82, 2.24) is 0 Å². The van der Waals surface area contributed by atoms with Gasteiger partial charge in [0.05, 0.1) is 19.8 Å². The van der Waals surface area contributed by atoms with E-state index in [4.69, 9.17) is 24.2 Å². The van der Waals surface area contributed by atoms with E-state index in [-0.39, 0.29) is 19.0 Å². The second kappa shape index (κ2) is 7.62. The van der Waals surface area contributed by atoms with Gasteiger partial charge in [-0.2, -0.15) is 5.26 Å². The zero-order valence-electron chi connectivity index (χ0n) is 14.4. The molecule has 2 aromatic rings. The number of hydrogen-bond acceptors (Lipinski definition) is 6. The molecule has 0 aromatic heterocycles. The molecule has 26 heavy (non-hydrogen) atoms. The van der Waals surface area contributed by atoms with Crippen molar-refractivity contribution in [3.8, 4) is 29.1 Å². The van der Waals surface area contributed by atoms with E-state index >= 15 is 0 Å². The Morgan fingerprint density at radius 3 is 2.73 bits per heavy atom. The maximum Gasteiger partial charge on any atom is 0.196 e. The highest BCUT2D eigenvalue weighted by atomic mass is 16.5. The smallest absolute Gasteiger partial charge is 0.196 e. The van der Waals surface area contributed by atoms with Crippen LogP contribution in [0, 0.1) is 11.3 Å². The van der Waals surface area contributed by atoms with Gasteiger partial charge >= 0.3 is 0 Å². The van der Waals surface area contributed by atoms with Crippen LogP contribution in [0.5, 0.6) is 23.0 Å². The van der Waals surface area contributed by atoms with Crippen LogP contribution >= 0.6 is 0 Å². The van der Waals surface area contributed by atoms with Crippen molar-refractivity contribution in [2.75, 3.05) is 27.4 Å². The zero-order chi connectivity index (χ0) is 18.5. The first-order valence-electron chi connectivity index (χ1n) is 7.90. The van der Waals surface area contributed by atoms with Crippen molar-refractivity contribution in [2.24, 2.45) is 0 Å². The summed E-state index contributed by atoms with van der Waals surface area (Å²) in [5.41, 5.74) is 1.77. The molecule has 1 heterocycles. The maximum absolute atomic E-state index is 12.8. The van der Waals surface area contributed by atoms with Crippen LogP contribution in [0.2, 0.25) is 0 Å². The highest BCUT2D eigenvalue weighted by Crippen LogP contribution is 2.33. The molecule has 0 saturated carbocycles. The second-order valence-corrected chi connectivity index (χ2v) is 5.51. The Hall–Kier alpha value is -3.46. The lowest BCUT2D eigenvalue weighted by Gasteiger charge is -2.19. The van der Waals surface area contributed by atoms with Crippen LogP contribution in [0.1, 0.15) is 15.9 Å². The maximum atomic E-state index is 12.8. The van der Waals surface area contributed by atoms with E-state index in [0.717, 1.165) is 5.56 Å². The van der Waals surface area contributed by atoms with Crippen molar-refractivity contribution in [1.29, 1.82) is 5.26 Å². The zero-order valence-corrected chi connectivity index (χ0v) is 14.4. The fourth-order valence-electron chi connectivity index (χ4n) is 2.65. The van der Waals surface area contributed by atoms with Crippen LogP contribution in [0.4, 0.5) is 0 Å². The summed E-state index contributed by atoms with van der Waals surface area (Å²) in [5.74, 6) is 2.00. The number of ether oxygens (including phenoxy) is 4. The number of ketones is 1. The van der Waals surface area contributed by atoms with E-state index in [0.29, 0.717) is 34.1 Å². The van der Waals surface area contributed by atoms with Gasteiger partial charge in [-0.05, 0) is 42.0 Å². The van der Waals surface area contributed by atoms with Crippen LogP contribution < -0.4 is 18.9 Å². The number of carbonyl (C=O) groups is 1.